The lowest BCUT2D eigenvalue weighted by Gasteiger charge is -2.45. The van der Waals surface area contributed by atoms with Gasteiger partial charge in [0.2, 0.25) is 12.1 Å². The number of hydrogen-bond donors (Lipinski definition) is 2. The smallest absolute Gasteiger partial charge is 0.354 e. The fourth-order valence-corrected chi connectivity index (χ4v) is 2.34. The summed E-state index contributed by atoms with van der Waals surface area (Å²) in [6.07, 6.45) is -1.87. The summed E-state index contributed by atoms with van der Waals surface area (Å²) in [5.41, 5.74) is 0. The number of nitrogens with zero attached hydrogens (tertiary/aromatic N) is 1. The molecule has 0 aromatic carbocycles. The van der Waals surface area contributed by atoms with Crippen LogP contribution in [0, 0.1) is 5.92 Å². The third-order valence-corrected chi connectivity index (χ3v) is 3.33. The van der Waals surface area contributed by atoms with Crippen LogP contribution in [0.1, 0.15) is 13.8 Å². The Morgan fingerprint density at radius 1 is 1.53 bits per heavy atom. The van der Waals surface area contributed by atoms with E-state index in [0.29, 0.717) is 0 Å². The van der Waals surface area contributed by atoms with E-state index in [9.17, 15) is 19.5 Å². The number of aliphatic hydroxyl groups is 1. The first kappa shape index (κ1) is 12.0. The van der Waals surface area contributed by atoms with Gasteiger partial charge in [0.25, 0.3) is 0 Å². The van der Waals surface area contributed by atoms with Gasteiger partial charge in [0, 0.05) is 6.92 Å². The molecule has 0 aromatic heterocycles. The standard InChI is InChI=1S/C8H11NO5S/c1-3-5(11)9(6(12)8(13)14)7(3)15-4(2)10/h3,6-7,12H,1-2H3,(H,13,14). The van der Waals surface area contributed by atoms with Crippen LogP contribution >= 0.6 is 11.8 Å². The SMILES string of the molecule is CC(=O)SC1C(C)C(=O)N1C(O)C(=O)O. The molecule has 1 heterocycles. The maximum atomic E-state index is 11.3. The molecule has 1 aliphatic rings. The van der Waals surface area contributed by atoms with E-state index in [1.54, 1.807) is 6.92 Å². The maximum Gasteiger partial charge on any atom is 0.354 e. The Kier molecular flexibility index (Phi) is 3.35. The third-order valence-electron chi connectivity index (χ3n) is 2.12. The van der Waals surface area contributed by atoms with Gasteiger partial charge in [-0.15, -0.1) is 0 Å². The number of carboxylic acid groups (broad SMARTS) is 1. The van der Waals surface area contributed by atoms with Gasteiger partial charge in [0.15, 0.2) is 5.12 Å². The highest BCUT2D eigenvalue weighted by atomic mass is 32.2. The number of hydrogen-bond acceptors (Lipinski definition) is 5. The van der Waals surface area contributed by atoms with Crippen molar-refractivity contribution in [1.29, 1.82) is 0 Å². The van der Waals surface area contributed by atoms with Gasteiger partial charge in [-0.3, -0.25) is 14.5 Å². The molecule has 1 aliphatic heterocycles. The van der Waals surface area contributed by atoms with Crippen LogP contribution < -0.4 is 0 Å². The average Bonchev–Trinajstić information content (AvgIpc) is 2.15. The van der Waals surface area contributed by atoms with Gasteiger partial charge >= 0.3 is 5.97 Å². The number of carbonyl (C=O) groups is 3. The number of aliphatic carboxylic acids is 1. The summed E-state index contributed by atoms with van der Waals surface area (Å²) in [6, 6.07) is 0. The zero-order chi connectivity index (χ0) is 11.7. The second kappa shape index (κ2) is 4.19. The third kappa shape index (κ3) is 2.13. The van der Waals surface area contributed by atoms with E-state index in [0.717, 1.165) is 16.7 Å². The normalized spacial score (nSPS) is 27.1. The van der Waals surface area contributed by atoms with Crippen LogP contribution in [0.25, 0.3) is 0 Å². The lowest BCUT2D eigenvalue weighted by molar-refractivity contribution is -0.180. The lowest BCUT2D eigenvalue weighted by Crippen LogP contribution is -2.64. The number of rotatable bonds is 3. The molecule has 1 saturated heterocycles. The molecule has 0 saturated carbocycles. The van der Waals surface area contributed by atoms with E-state index in [1.807, 2.05) is 0 Å². The largest absolute Gasteiger partial charge is 0.478 e. The molecule has 0 aromatic rings. The van der Waals surface area contributed by atoms with Crippen molar-refractivity contribution in [1.82, 2.24) is 4.90 Å². The van der Waals surface area contributed by atoms with Crippen molar-refractivity contribution in [2.24, 2.45) is 5.92 Å². The number of carbonyl (C=O) groups excluding carboxylic acids is 2. The number of thioether (sulfide) groups is 1. The van der Waals surface area contributed by atoms with Crippen molar-refractivity contribution in [3.05, 3.63) is 0 Å². The molecule has 0 radical (unpaired) electrons. The summed E-state index contributed by atoms with van der Waals surface area (Å²) in [5, 5.41) is 16.9. The van der Waals surface area contributed by atoms with E-state index in [1.165, 1.54) is 6.92 Å². The predicted molar refractivity (Wildman–Crippen MR) is 51.7 cm³/mol. The highest BCUT2D eigenvalue weighted by Crippen LogP contribution is 2.36. The minimum atomic E-state index is -1.87. The van der Waals surface area contributed by atoms with Crippen molar-refractivity contribution in [2.75, 3.05) is 0 Å². The molecule has 0 spiro atoms. The Labute approximate surface area is 90.2 Å². The van der Waals surface area contributed by atoms with E-state index in [-0.39, 0.29) is 5.12 Å². The first-order valence-corrected chi connectivity index (χ1v) is 5.14. The van der Waals surface area contributed by atoms with E-state index < -0.39 is 29.4 Å². The summed E-state index contributed by atoms with van der Waals surface area (Å²) >= 11 is 0.850. The minimum absolute atomic E-state index is 0.220. The molecule has 6 nitrogen and oxygen atoms in total. The molecule has 1 rings (SSSR count). The number of carboxylic acids is 1. The van der Waals surface area contributed by atoms with Crippen LogP contribution in [0.2, 0.25) is 0 Å². The zero-order valence-corrected chi connectivity index (χ0v) is 9.02. The molecule has 15 heavy (non-hydrogen) atoms. The van der Waals surface area contributed by atoms with Gasteiger partial charge in [-0.05, 0) is 0 Å². The Morgan fingerprint density at radius 2 is 2.07 bits per heavy atom. The van der Waals surface area contributed by atoms with E-state index >= 15 is 0 Å². The zero-order valence-electron chi connectivity index (χ0n) is 8.21. The fourth-order valence-electron chi connectivity index (χ4n) is 1.35. The number of aliphatic hydroxyl groups excluding tert-OH is 1. The van der Waals surface area contributed by atoms with Crippen LogP contribution in [0.5, 0.6) is 0 Å². The van der Waals surface area contributed by atoms with E-state index in [4.69, 9.17) is 5.11 Å². The number of β-lactam (4-membered cyclic amide) rings is 1. The molecule has 1 fully saturated rings. The molecule has 0 bridgehead atoms. The number of likely N-dealkylation sites (tertiary alicyclic amines) is 1. The number of amides is 1. The predicted octanol–water partition coefficient (Wildman–Crippen LogP) is -0.527. The second-order valence-electron chi connectivity index (χ2n) is 3.25. The summed E-state index contributed by atoms with van der Waals surface area (Å²) < 4.78 is 0. The van der Waals surface area contributed by atoms with Gasteiger partial charge in [0.05, 0.1) is 11.3 Å². The van der Waals surface area contributed by atoms with Crippen LogP contribution in [-0.2, 0) is 14.4 Å². The van der Waals surface area contributed by atoms with Gasteiger partial charge < -0.3 is 10.2 Å². The van der Waals surface area contributed by atoms with Crippen molar-refractivity contribution >= 4 is 28.8 Å². The Balaban J connectivity index is 2.74. The summed E-state index contributed by atoms with van der Waals surface area (Å²) in [4.78, 5) is 33.4. The second-order valence-corrected chi connectivity index (χ2v) is 4.54. The first-order chi connectivity index (χ1) is 6.86. The van der Waals surface area contributed by atoms with Crippen LogP contribution in [0.15, 0.2) is 0 Å². The molecule has 3 unspecified atom stereocenters. The average molecular weight is 233 g/mol. The first-order valence-electron chi connectivity index (χ1n) is 4.26. The Bertz CT molecular complexity index is 318. The van der Waals surface area contributed by atoms with Crippen LogP contribution in [-0.4, -0.2) is 43.7 Å². The molecule has 2 N–H and O–H groups in total. The van der Waals surface area contributed by atoms with Crippen molar-refractivity contribution in [3.8, 4) is 0 Å². The van der Waals surface area contributed by atoms with Crippen molar-refractivity contribution < 1.29 is 24.6 Å². The van der Waals surface area contributed by atoms with E-state index in [2.05, 4.69) is 0 Å². The Morgan fingerprint density at radius 3 is 2.47 bits per heavy atom. The highest BCUT2D eigenvalue weighted by molar-refractivity contribution is 8.14. The molecular weight excluding hydrogens is 222 g/mol. The molecular formula is C8H11NO5S. The molecule has 7 heteroatoms. The summed E-state index contributed by atoms with van der Waals surface area (Å²) in [6.45, 7) is 2.92. The molecule has 1 amide bonds. The quantitative estimate of drug-likeness (QED) is 0.636. The topological polar surface area (TPSA) is 94.9 Å². The fraction of sp³-hybridized carbons (Fsp3) is 0.625. The van der Waals surface area contributed by atoms with Crippen molar-refractivity contribution in [3.63, 3.8) is 0 Å². The van der Waals surface area contributed by atoms with Gasteiger partial charge in [-0.2, -0.15) is 0 Å². The molecule has 0 aliphatic carbocycles. The van der Waals surface area contributed by atoms with Gasteiger partial charge in [0.1, 0.15) is 0 Å². The summed E-state index contributed by atoms with van der Waals surface area (Å²) in [5.74, 6) is -2.39. The van der Waals surface area contributed by atoms with Crippen molar-refractivity contribution in [2.45, 2.75) is 25.4 Å². The van der Waals surface area contributed by atoms with Crippen LogP contribution in [0.3, 0.4) is 0 Å². The van der Waals surface area contributed by atoms with Gasteiger partial charge in [-0.1, -0.05) is 18.7 Å². The minimum Gasteiger partial charge on any atom is -0.478 e. The highest BCUT2D eigenvalue weighted by Gasteiger charge is 2.50. The molecule has 84 valence electrons. The monoisotopic (exact) mass is 233 g/mol. The summed E-state index contributed by atoms with van der Waals surface area (Å²) in [7, 11) is 0. The van der Waals surface area contributed by atoms with Crippen LogP contribution in [0.4, 0.5) is 0 Å². The molecule has 3 atom stereocenters. The lowest BCUT2D eigenvalue weighted by atomic mass is 10.0. The van der Waals surface area contributed by atoms with Gasteiger partial charge in [-0.25, -0.2) is 4.79 Å². The Hall–Kier alpha value is -1.08. The maximum absolute atomic E-state index is 11.3.